The third kappa shape index (κ3) is 8.67. The van der Waals surface area contributed by atoms with Crippen LogP contribution in [0, 0.1) is 0 Å². The molecule has 51 heavy (non-hydrogen) atoms. The van der Waals surface area contributed by atoms with Gasteiger partial charge in [0, 0.05) is 69.6 Å². The Morgan fingerprint density at radius 1 is 0.706 bits per heavy atom. The largest absolute Gasteiger partial charge is 0.496 e. The number of methoxy groups -OCH3 is 1. The van der Waals surface area contributed by atoms with Gasteiger partial charge >= 0.3 is 0 Å². The lowest BCUT2D eigenvalue weighted by molar-refractivity contribution is -0.128. The summed E-state index contributed by atoms with van der Waals surface area (Å²) in [6, 6.07) is 29.1. The van der Waals surface area contributed by atoms with Gasteiger partial charge in [0.2, 0.25) is 11.8 Å². The Bertz CT molecular complexity index is 1910. The van der Waals surface area contributed by atoms with Crippen LogP contribution in [0.5, 0.6) is 17.2 Å². The molecule has 0 unspecified atom stereocenters. The SMILES string of the molecule is C=CC(=O)N1CCC(Oc2ccc(-c3cccc(/C=C/C(=O)N4CCC(Oc5ccc(-c6ccccc6)cc5C(N)=O)CC4)c3)c(OC)c2)CC1. The molecule has 2 heterocycles. The number of rotatable bonds is 11. The zero-order valence-electron chi connectivity index (χ0n) is 28.8. The van der Waals surface area contributed by atoms with Crippen molar-refractivity contribution < 1.29 is 28.6 Å². The van der Waals surface area contributed by atoms with Crippen LogP contribution in [0.15, 0.2) is 110 Å². The minimum atomic E-state index is -0.541. The topological polar surface area (TPSA) is 111 Å². The first kappa shape index (κ1) is 35.0. The van der Waals surface area contributed by atoms with E-state index in [2.05, 4.69) is 6.58 Å². The van der Waals surface area contributed by atoms with E-state index in [0.717, 1.165) is 40.7 Å². The molecule has 2 N–H and O–H groups in total. The van der Waals surface area contributed by atoms with E-state index in [1.165, 1.54) is 6.08 Å². The number of piperidine rings is 2. The molecule has 3 amide bonds. The fourth-order valence-electron chi connectivity index (χ4n) is 6.59. The van der Waals surface area contributed by atoms with Crippen LogP contribution in [-0.2, 0) is 9.59 Å². The summed E-state index contributed by atoms with van der Waals surface area (Å²) in [4.78, 5) is 40.9. The summed E-state index contributed by atoms with van der Waals surface area (Å²) in [5.74, 6) is 1.21. The van der Waals surface area contributed by atoms with Crippen LogP contribution < -0.4 is 19.9 Å². The molecule has 9 heteroatoms. The van der Waals surface area contributed by atoms with E-state index in [0.29, 0.717) is 61.8 Å². The third-order valence-electron chi connectivity index (χ3n) is 9.42. The second-order valence-electron chi connectivity index (χ2n) is 12.8. The highest BCUT2D eigenvalue weighted by molar-refractivity contribution is 5.97. The van der Waals surface area contributed by atoms with Crippen LogP contribution in [0.2, 0.25) is 0 Å². The fraction of sp³-hybridized carbons (Fsp3) is 0.262. The summed E-state index contributed by atoms with van der Waals surface area (Å²) in [5.41, 5.74) is 10.7. The highest BCUT2D eigenvalue weighted by atomic mass is 16.5. The molecule has 0 atom stereocenters. The number of hydrogen-bond donors (Lipinski definition) is 1. The minimum Gasteiger partial charge on any atom is -0.496 e. The summed E-state index contributed by atoms with van der Waals surface area (Å²) in [6.45, 7) is 5.94. The monoisotopic (exact) mass is 685 g/mol. The molecule has 2 saturated heterocycles. The van der Waals surface area contributed by atoms with Gasteiger partial charge in [-0.25, -0.2) is 0 Å². The van der Waals surface area contributed by atoms with Gasteiger partial charge in [-0.15, -0.1) is 0 Å². The molecule has 4 aromatic carbocycles. The predicted octanol–water partition coefficient (Wildman–Crippen LogP) is 6.77. The maximum absolute atomic E-state index is 13.2. The molecule has 0 bridgehead atoms. The van der Waals surface area contributed by atoms with E-state index < -0.39 is 5.91 Å². The lowest BCUT2D eigenvalue weighted by Crippen LogP contribution is -2.41. The smallest absolute Gasteiger partial charge is 0.252 e. The van der Waals surface area contributed by atoms with Crippen molar-refractivity contribution in [3.8, 4) is 39.5 Å². The Balaban J connectivity index is 1.03. The average molecular weight is 686 g/mol. The van der Waals surface area contributed by atoms with Gasteiger partial charge in [-0.1, -0.05) is 61.2 Å². The third-order valence-corrected chi connectivity index (χ3v) is 9.42. The van der Waals surface area contributed by atoms with Crippen molar-refractivity contribution in [2.45, 2.75) is 37.9 Å². The van der Waals surface area contributed by atoms with Crippen LogP contribution in [-0.4, -0.2) is 73.0 Å². The van der Waals surface area contributed by atoms with E-state index in [9.17, 15) is 14.4 Å². The lowest BCUT2D eigenvalue weighted by atomic mass is 10.0. The molecule has 2 fully saturated rings. The molecule has 0 aromatic heterocycles. The van der Waals surface area contributed by atoms with E-state index in [-0.39, 0.29) is 24.0 Å². The van der Waals surface area contributed by atoms with Crippen LogP contribution in [0.3, 0.4) is 0 Å². The highest BCUT2D eigenvalue weighted by Gasteiger charge is 2.25. The standard InChI is InChI=1S/C42H43N3O6/c1-3-40(46)44-22-18-33(19-23-44)50-35-14-15-36(39(28-35)49-2)32-11-7-8-29(26-32)12-17-41(47)45-24-20-34(21-25-45)51-38-16-13-31(27-37(38)42(43)48)30-9-5-4-6-10-30/h3-17,26-28,33-34H,1,18-25H2,2H3,(H2,43,48)/b17-12+. The molecular formula is C42H43N3O6. The Kier molecular flexibility index (Phi) is 11.2. The van der Waals surface area contributed by atoms with Gasteiger partial charge in [0.05, 0.1) is 12.7 Å². The molecule has 0 radical (unpaired) electrons. The van der Waals surface area contributed by atoms with Crippen molar-refractivity contribution in [2.24, 2.45) is 5.73 Å². The minimum absolute atomic E-state index is 0.0194. The van der Waals surface area contributed by atoms with Crippen LogP contribution in [0.25, 0.3) is 28.3 Å². The zero-order chi connectivity index (χ0) is 35.7. The van der Waals surface area contributed by atoms with Crippen molar-refractivity contribution in [3.05, 3.63) is 121 Å². The number of carbonyl (C=O) groups is 3. The van der Waals surface area contributed by atoms with Crippen LogP contribution in [0.4, 0.5) is 0 Å². The van der Waals surface area contributed by atoms with Gasteiger partial charge in [0.15, 0.2) is 0 Å². The van der Waals surface area contributed by atoms with Crippen molar-refractivity contribution >= 4 is 23.8 Å². The quantitative estimate of drug-likeness (QED) is 0.175. The molecule has 2 aliphatic rings. The normalized spacial score (nSPS) is 15.4. The Morgan fingerprint density at radius 3 is 2.04 bits per heavy atom. The molecule has 4 aromatic rings. The summed E-state index contributed by atoms with van der Waals surface area (Å²) in [5, 5.41) is 0. The van der Waals surface area contributed by atoms with Gasteiger partial charge in [-0.2, -0.15) is 0 Å². The number of nitrogens with two attached hydrogens (primary N) is 1. The van der Waals surface area contributed by atoms with Crippen molar-refractivity contribution in [2.75, 3.05) is 33.3 Å². The number of amides is 3. The second-order valence-corrected chi connectivity index (χ2v) is 12.8. The number of carbonyl (C=O) groups excluding carboxylic acids is 3. The van der Waals surface area contributed by atoms with Gasteiger partial charge in [-0.3, -0.25) is 14.4 Å². The molecule has 262 valence electrons. The summed E-state index contributed by atoms with van der Waals surface area (Å²) in [7, 11) is 1.64. The van der Waals surface area contributed by atoms with Gasteiger partial charge in [0.1, 0.15) is 29.5 Å². The number of ether oxygens (including phenoxy) is 3. The van der Waals surface area contributed by atoms with E-state index in [1.54, 1.807) is 30.2 Å². The Morgan fingerprint density at radius 2 is 1.37 bits per heavy atom. The molecule has 2 aliphatic heterocycles. The number of nitrogens with zero attached hydrogens (tertiary/aromatic N) is 2. The van der Waals surface area contributed by atoms with Crippen molar-refractivity contribution in [1.29, 1.82) is 0 Å². The van der Waals surface area contributed by atoms with Crippen LogP contribution in [0.1, 0.15) is 41.6 Å². The average Bonchev–Trinajstić information content (AvgIpc) is 3.17. The second kappa shape index (κ2) is 16.3. The van der Waals surface area contributed by atoms with Gasteiger partial charge in [-0.05, 0) is 64.7 Å². The summed E-state index contributed by atoms with van der Waals surface area (Å²) >= 11 is 0. The summed E-state index contributed by atoms with van der Waals surface area (Å²) < 4.78 is 18.2. The van der Waals surface area contributed by atoms with E-state index in [4.69, 9.17) is 19.9 Å². The maximum Gasteiger partial charge on any atom is 0.252 e. The first-order valence-corrected chi connectivity index (χ1v) is 17.3. The Labute approximate surface area is 298 Å². The Hall–Kier alpha value is -5.83. The maximum atomic E-state index is 13.2. The zero-order valence-corrected chi connectivity index (χ0v) is 28.8. The van der Waals surface area contributed by atoms with E-state index >= 15 is 0 Å². The highest BCUT2D eigenvalue weighted by Crippen LogP contribution is 2.35. The first-order chi connectivity index (χ1) is 24.8. The van der Waals surface area contributed by atoms with Crippen molar-refractivity contribution in [3.63, 3.8) is 0 Å². The molecule has 9 nitrogen and oxygen atoms in total. The molecule has 0 saturated carbocycles. The molecular weight excluding hydrogens is 642 g/mol. The van der Waals surface area contributed by atoms with Crippen molar-refractivity contribution in [1.82, 2.24) is 9.80 Å². The molecule has 6 rings (SSSR count). The van der Waals surface area contributed by atoms with E-state index in [1.807, 2.05) is 89.8 Å². The number of likely N-dealkylation sites (tertiary alicyclic amines) is 2. The number of hydrogen-bond acceptors (Lipinski definition) is 6. The molecule has 0 aliphatic carbocycles. The van der Waals surface area contributed by atoms with Gasteiger partial charge < -0.3 is 29.7 Å². The lowest BCUT2D eigenvalue weighted by Gasteiger charge is -2.32. The number of primary amides is 1. The van der Waals surface area contributed by atoms with Crippen LogP contribution >= 0.6 is 0 Å². The fourth-order valence-corrected chi connectivity index (χ4v) is 6.59. The summed E-state index contributed by atoms with van der Waals surface area (Å²) in [6.07, 6.45) is 7.46. The number of benzene rings is 4. The predicted molar refractivity (Wildman–Crippen MR) is 199 cm³/mol. The first-order valence-electron chi connectivity index (χ1n) is 17.3. The van der Waals surface area contributed by atoms with Gasteiger partial charge in [0.25, 0.3) is 5.91 Å². The molecule has 0 spiro atoms.